The summed E-state index contributed by atoms with van der Waals surface area (Å²) < 4.78 is 40.8. The lowest BCUT2D eigenvalue weighted by atomic mass is 9.79. The molecule has 0 spiro atoms. The quantitative estimate of drug-likeness (QED) is 0.308. The van der Waals surface area contributed by atoms with E-state index in [0.29, 0.717) is 28.3 Å². The molecule has 0 aliphatic heterocycles. The van der Waals surface area contributed by atoms with Crippen LogP contribution in [0, 0.1) is 5.92 Å². The maximum Gasteiger partial charge on any atom is 0.418 e. The molecule has 11 heteroatoms. The van der Waals surface area contributed by atoms with Crippen molar-refractivity contribution in [2.45, 2.75) is 63.7 Å². The highest BCUT2D eigenvalue weighted by Crippen LogP contribution is 2.40. The Bertz CT molecular complexity index is 1420. The fraction of sp³-hybridized carbons (Fsp3) is 0.393. The molecule has 3 atom stereocenters. The second kappa shape index (κ2) is 10.9. The predicted molar refractivity (Wildman–Crippen MR) is 140 cm³/mol. The van der Waals surface area contributed by atoms with Crippen molar-refractivity contribution in [2.75, 3.05) is 0 Å². The lowest BCUT2D eigenvalue weighted by Crippen LogP contribution is -2.62. The highest BCUT2D eigenvalue weighted by atomic mass is 35.5. The van der Waals surface area contributed by atoms with Gasteiger partial charge in [-0.2, -0.15) is 13.2 Å². The van der Waals surface area contributed by atoms with E-state index in [4.69, 9.17) is 11.6 Å². The molecule has 1 heterocycles. The zero-order valence-electron chi connectivity index (χ0n) is 21.4. The number of alkyl halides is 3. The SMILES string of the molecule is CCC(C)C(NC(=O)Cc1ccccc1Cl)C(=O)N[C@]1(C(=O)O)CCc2[nH]c3c(C(F)(F)F)cccc3c2C1. The first-order valence-corrected chi connectivity index (χ1v) is 13.0. The molecule has 4 N–H and O–H groups in total. The van der Waals surface area contributed by atoms with E-state index in [9.17, 15) is 32.7 Å². The van der Waals surface area contributed by atoms with Crippen LogP contribution in [0.3, 0.4) is 0 Å². The number of nitrogens with one attached hydrogen (secondary N) is 3. The number of carboxylic acid groups (broad SMARTS) is 1. The van der Waals surface area contributed by atoms with Gasteiger partial charge in [0.2, 0.25) is 11.8 Å². The van der Waals surface area contributed by atoms with Crippen LogP contribution in [0.15, 0.2) is 42.5 Å². The summed E-state index contributed by atoms with van der Waals surface area (Å²) in [4.78, 5) is 41.7. The van der Waals surface area contributed by atoms with Crippen LogP contribution in [0.2, 0.25) is 5.02 Å². The van der Waals surface area contributed by atoms with Gasteiger partial charge >= 0.3 is 12.1 Å². The molecule has 3 aromatic rings. The first kappa shape index (κ1) is 28.5. The monoisotopic (exact) mass is 563 g/mol. The summed E-state index contributed by atoms with van der Waals surface area (Å²) >= 11 is 6.16. The number of fused-ring (bicyclic) bond motifs is 3. The number of benzene rings is 2. The molecule has 7 nitrogen and oxygen atoms in total. The van der Waals surface area contributed by atoms with E-state index in [1.165, 1.54) is 12.1 Å². The minimum absolute atomic E-state index is 0.0317. The average Bonchev–Trinajstić information content (AvgIpc) is 3.25. The van der Waals surface area contributed by atoms with Gasteiger partial charge < -0.3 is 20.7 Å². The molecular formula is C28H29ClF3N3O4. The lowest BCUT2D eigenvalue weighted by molar-refractivity contribution is -0.149. The molecule has 0 saturated carbocycles. The van der Waals surface area contributed by atoms with Gasteiger partial charge in [0, 0.05) is 22.5 Å². The number of halogens is 4. The molecule has 0 radical (unpaired) electrons. The number of carbonyl (C=O) groups excluding carboxylic acids is 2. The van der Waals surface area contributed by atoms with E-state index in [1.807, 2.05) is 6.92 Å². The van der Waals surface area contributed by atoms with Gasteiger partial charge in [-0.15, -0.1) is 0 Å². The Labute approximate surface area is 228 Å². The summed E-state index contributed by atoms with van der Waals surface area (Å²) in [7, 11) is 0. The maximum absolute atomic E-state index is 13.6. The Kier molecular flexibility index (Phi) is 7.97. The summed E-state index contributed by atoms with van der Waals surface area (Å²) in [5.74, 6) is -2.74. The molecule has 208 valence electrons. The standard InChI is InChI=1S/C28H29ClF3N3O4/c1-3-15(2)23(34-22(36)13-16-7-4-5-10-20(16)29)25(37)35-27(26(38)39)12-11-21-18(14-27)17-8-6-9-19(24(17)33-21)28(30,31)32/h4-10,15,23,33H,3,11-14H2,1-2H3,(H,34,36)(H,35,37)(H,38,39)/t15?,23?,27-/m1/s1. The van der Waals surface area contributed by atoms with Gasteiger partial charge in [0.15, 0.2) is 0 Å². The summed E-state index contributed by atoms with van der Waals surface area (Å²) in [5.41, 5.74) is -1.18. The summed E-state index contributed by atoms with van der Waals surface area (Å²) in [6.45, 7) is 3.61. The van der Waals surface area contributed by atoms with Crippen LogP contribution in [0.1, 0.15) is 49.1 Å². The van der Waals surface area contributed by atoms with Gasteiger partial charge in [0.05, 0.1) is 17.5 Å². The van der Waals surface area contributed by atoms with Crippen molar-refractivity contribution in [3.8, 4) is 0 Å². The summed E-state index contributed by atoms with van der Waals surface area (Å²) in [6.07, 6.45) is -4.24. The van der Waals surface area contributed by atoms with Gasteiger partial charge in [-0.3, -0.25) is 9.59 Å². The number of amides is 2. The third kappa shape index (κ3) is 5.75. The Morgan fingerprint density at radius 2 is 1.87 bits per heavy atom. The molecule has 2 aromatic carbocycles. The number of hydrogen-bond donors (Lipinski definition) is 4. The van der Waals surface area contributed by atoms with E-state index in [2.05, 4.69) is 15.6 Å². The minimum atomic E-state index is -4.59. The fourth-order valence-corrected chi connectivity index (χ4v) is 5.31. The topological polar surface area (TPSA) is 111 Å². The zero-order chi connectivity index (χ0) is 28.5. The van der Waals surface area contributed by atoms with Crippen LogP contribution < -0.4 is 10.6 Å². The molecule has 2 unspecified atom stereocenters. The molecule has 1 aliphatic carbocycles. The van der Waals surface area contributed by atoms with E-state index in [1.54, 1.807) is 31.2 Å². The van der Waals surface area contributed by atoms with Gasteiger partial charge in [-0.1, -0.05) is 62.2 Å². The Morgan fingerprint density at radius 1 is 1.15 bits per heavy atom. The number of para-hydroxylation sites is 1. The number of carbonyl (C=O) groups is 3. The molecule has 0 saturated heterocycles. The first-order valence-electron chi connectivity index (χ1n) is 12.6. The minimum Gasteiger partial charge on any atom is -0.479 e. The van der Waals surface area contributed by atoms with Crippen molar-refractivity contribution in [3.05, 3.63) is 69.9 Å². The van der Waals surface area contributed by atoms with Crippen molar-refractivity contribution in [3.63, 3.8) is 0 Å². The average molecular weight is 564 g/mol. The normalized spacial score (nSPS) is 18.7. The number of hydrogen-bond acceptors (Lipinski definition) is 3. The number of H-pyrrole nitrogens is 1. The van der Waals surface area contributed by atoms with Gasteiger partial charge in [-0.05, 0) is 42.0 Å². The van der Waals surface area contributed by atoms with Crippen LogP contribution in [-0.4, -0.2) is 39.5 Å². The van der Waals surface area contributed by atoms with Crippen molar-refractivity contribution in [2.24, 2.45) is 5.92 Å². The molecular weight excluding hydrogens is 535 g/mol. The van der Waals surface area contributed by atoms with Crippen LogP contribution in [0.5, 0.6) is 0 Å². The third-order valence-corrected chi connectivity index (χ3v) is 7.88. The number of aromatic amines is 1. The third-order valence-electron chi connectivity index (χ3n) is 7.51. The number of aliphatic carboxylic acids is 1. The Hall–Kier alpha value is -3.53. The highest BCUT2D eigenvalue weighted by Gasteiger charge is 2.46. The summed E-state index contributed by atoms with van der Waals surface area (Å²) in [6, 6.07) is 9.56. The number of carboxylic acids is 1. The van der Waals surface area contributed by atoms with Crippen LogP contribution in [0.25, 0.3) is 10.9 Å². The van der Waals surface area contributed by atoms with Gasteiger partial charge in [-0.25, -0.2) is 4.79 Å². The smallest absolute Gasteiger partial charge is 0.418 e. The largest absolute Gasteiger partial charge is 0.479 e. The Morgan fingerprint density at radius 3 is 2.51 bits per heavy atom. The van der Waals surface area contributed by atoms with Crippen LogP contribution >= 0.6 is 11.6 Å². The van der Waals surface area contributed by atoms with Gasteiger partial charge in [0.25, 0.3) is 0 Å². The number of aryl methyl sites for hydroxylation is 1. The molecule has 0 bridgehead atoms. The van der Waals surface area contributed by atoms with E-state index < -0.39 is 41.1 Å². The zero-order valence-corrected chi connectivity index (χ0v) is 22.2. The maximum atomic E-state index is 13.6. The first-order chi connectivity index (χ1) is 18.4. The van der Waals surface area contributed by atoms with Crippen LogP contribution in [0.4, 0.5) is 13.2 Å². The number of rotatable bonds is 8. The second-order valence-electron chi connectivity index (χ2n) is 10.1. The second-order valence-corrected chi connectivity index (χ2v) is 10.5. The van der Waals surface area contributed by atoms with Crippen molar-refractivity contribution < 1.29 is 32.7 Å². The molecule has 2 amide bonds. The lowest BCUT2D eigenvalue weighted by Gasteiger charge is -2.36. The summed E-state index contributed by atoms with van der Waals surface area (Å²) in [5, 5.41) is 16.3. The predicted octanol–water partition coefficient (Wildman–Crippen LogP) is 5.04. The van der Waals surface area contributed by atoms with Gasteiger partial charge in [0.1, 0.15) is 11.6 Å². The van der Waals surface area contributed by atoms with Crippen molar-refractivity contribution in [1.82, 2.24) is 15.6 Å². The van der Waals surface area contributed by atoms with Crippen molar-refractivity contribution in [1.29, 1.82) is 0 Å². The highest BCUT2D eigenvalue weighted by molar-refractivity contribution is 6.31. The number of aromatic nitrogens is 1. The van der Waals surface area contributed by atoms with E-state index >= 15 is 0 Å². The molecule has 0 fully saturated rings. The molecule has 39 heavy (non-hydrogen) atoms. The van der Waals surface area contributed by atoms with Crippen molar-refractivity contribution >= 4 is 40.3 Å². The Balaban J connectivity index is 1.60. The molecule has 1 aliphatic rings. The molecule has 4 rings (SSSR count). The molecule has 1 aromatic heterocycles. The van der Waals surface area contributed by atoms with E-state index in [-0.39, 0.29) is 42.5 Å². The van der Waals surface area contributed by atoms with Crippen LogP contribution in [-0.2, 0) is 39.8 Å². The van der Waals surface area contributed by atoms with E-state index in [0.717, 1.165) is 6.07 Å². The fourth-order valence-electron chi connectivity index (χ4n) is 5.10.